The van der Waals surface area contributed by atoms with Gasteiger partial charge in [0, 0.05) is 44.3 Å². The van der Waals surface area contributed by atoms with Gasteiger partial charge in [0.05, 0.1) is 16.7 Å². The van der Waals surface area contributed by atoms with Gasteiger partial charge in [0.1, 0.15) is 5.82 Å². The second-order valence-electron chi connectivity index (χ2n) is 15.6. The van der Waals surface area contributed by atoms with Crippen LogP contribution in [0.1, 0.15) is 37.8 Å². The fourth-order valence-electron chi connectivity index (χ4n) is 8.29. The predicted octanol–water partition coefficient (Wildman–Crippen LogP) is 13.0. The number of aryl methyl sites for hydroxylation is 1. The van der Waals surface area contributed by atoms with Crippen molar-refractivity contribution in [1.82, 2.24) is 14.1 Å². The van der Waals surface area contributed by atoms with Gasteiger partial charge >= 0.3 is 0 Å². The van der Waals surface area contributed by atoms with Crippen molar-refractivity contribution in [3.63, 3.8) is 0 Å². The molecule has 0 N–H and O–H groups in total. The number of ether oxygens (including phenoxy) is 1. The quantitative estimate of drug-likeness (QED) is 0.107. The van der Waals surface area contributed by atoms with Crippen LogP contribution < -0.4 is 9.30 Å². The number of hydrogen-bond donors (Lipinski definition) is 0. The van der Waals surface area contributed by atoms with E-state index in [1.165, 1.54) is 5.56 Å². The molecule has 7 aromatic carbocycles. The summed E-state index contributed by atoms with van der Waals surface area (Å²) >= 11 is 0. The Kier molecular flexibility index (Phi) is 10.5. The molecule has 3 heterocycles. The molecule has 10 aromatic rings. The smallest absolute Gasteiger partial charge is 0.268 e. The topological polar surface area (TPSA) is 35.9 Å². The summed E-state index contributed by atoms with van der Waals surface area (Å²) in [5, 5.41) is 2.24. The summed E-state index contributed by atoms with van der Waals surface area (Å²) < 4.78 is 13.1. The van der Waals surface area contributed by atoms with Gasteiger partial charge in [-0.25, -0.2) is 4.98 Å². The summed E-state index contributed by atoms with van der Waals surface area (Å²) in [7, 11) is 0. The average molecular weight is 958 g/mol. The maximum Gasteiger partial charge on any atom is 0.268 e. The van der Waals surface area contributed by atoms with Crippen molar-refractivity contribution in [2.45, 2.75) is 33.6 Å². The van der Waals surface area contributed by atoms with E-state index in [0.717, 1.165) is 77.8 Å². The molecule has 0 spiro atoms. The Morgan fingerprint density at radius 1 is 0.617 bits per heavy atom. The molecule has 1 unspecified atom stereocenters. The molecular weight excluding hydrogens is 916 g/mol. The Hall–Kier alpha value is -6.55. The van der Waals surface area contributed by atoms with Gasteiger partial charge in [-0.15, -0.1) is 29.7 Å². The van der Waals surface area contributed by atoms with Crippen LogP contribution in [0.3, 0.4) is 0 Å². The molecule has 10 rings (SSSR count). The van der Waals surface area contributed by atoms with Gasteiger partial charge in [0.15, 0.2) is 0 Å². The first-order valence-electron chi connectivity index (χ1n) is 20.2. The SMILES string of the molecule is Cc1cccc2c1[n+](-c1c(-c3ccccc3)cccc1-c1ccccc1)[c-]n2-c1[c-]c(Oc2[c-]c3c(cc2)c2ccccc2n3-c2cc(C(C)C(C)C)ccn2)ccc1.[Pt]. The van der Waals surface area contributed by atoms with Gasteiger partial charge in [-0.2, -0.15) is 18.2 Å². The molecule has 0 fully saturated rings. The van der Waals surface area contributed by atoms with E-state index in [4.69, 9.17) is 9.72 Å². The zero-order chi connectivity index (χ0) is 40.0. The number of fused-ring (bicyclic) bond motifs is 4. The molecule has 6 heteroatoms. The fraction of sp³-hybridized carbons (Fsp3) is 0.111. The third kappa shape index (κ3) is 6.93. The first kappa shape index (κ1) is 38.9. The van der Waals surface area contributed by atoms with Crippen LogP contribution in [0.2, 0.25) is 0 Å². The van der Waals surface area contributed by atoms with E-state index in [1.54, 1.807) is 0 Å². The van der Waals surface area contributed by atoms with E-state index >= 15 is 0 Å². The molecule has 296 valence electrons. The van der Waals surface area contributed by atoms with Crippen molar-refractivity contribution in [2.75, 3.05) is 0 Å². The summed E-state index contributed by atoms with van der Waals surface area (Å²) in [6.45, 7) is 8.96. The Bertz CT molecular complexity index is 3090. The summed E-state index contributed by atoms with van der Waals surface area (Å²) in [5.74, 6) is 2.95. The van der Waals surface area contributed by atoms with E-state index in [9.17, 15) is 0 Å². The van der Waals surface area contributed by atoms with Crippen molar-refractivity contribution >= 4 is 32.8 Å². The van der Waals surface area contributed by atoms with Crippen LogP contribution in [0.25, 0.3) is 72.3 Å². The Labute approximate surface area is 365 Å². The van der Waals surface area contributed by atoms with Crippen molar-refractivity contribution in [3.05, 3.63) is 200 Å². The van der Waals surface area contributed by atoms with Crippen molar-refractivity contribution in [1.29, 1.82) is 0 Å². The molecule has 0 aliphatic carbocycles. The molecule has 1 atom stereocenters. The largest absolute Gasteiger partial charge is 0.510 e. The standard InChI is InChI=1S/C54H42N4O.Pt/c1-36(2)38(4)41-30-31-55-52(32-41)58-49-26-12-11-23-47(49)48-29-28-44(34-51(48)58)59-43-22-14-21-42(33-43)56-35-57(53-37(3)16-13-27-50(53)56)54-45(39-17-7-5-8-18-39)24-15-25-46(54)40-19-9-6-10-20-40;/h5-32,36,38H,1-4H3;/q-2;. The Morgan fingerprint density at radius 3 is 2.00 bits per heavy atom. The zero-order valence-corrected chi connectivity index (χ0v) is 36.1. The second-order valence-corrected chi connectivity index (χ2v) is 15.6. The number of rotatable bonds is 9. The van der Waals surface area contributed by atoms with Gasteiger partial charge in [-0.1, -0.05) is 142 Å². The van der Waals surface area contributed by atoms with Crippen molar-refractivity contribution < 1.29 is 30.4 Å². The minimum atomic E-state index is 0. The second kappa shape index (κ2) is 16.2. The van der Waals surface area contributed by atoms with Gasteiger partial charge in [-0.3, -0.25) is 4.57 Å². The molecule has 0 amide bonds. The number of nitrogens with zero attached hydrogens (tertiary/aromatic N) is 4. The number of pyridine rings is 1. The van der Waals surface area contributed by atoms with Gasteiger partial charge in [-0.05, 0) is 81.4 Å². The monoisotopic (exact) mass is 957 g/mol. The minimum Gasteiger partial charge on any atom is -0.510 e. The van der Waals surface area contributed by atoms with Crippen LogP contribution in [0.4, 0.5) is 0 Å². The van der Waals surface area contributed by atoms with E-state index in [2.05, 4.69) is 205 Å². The van der Waals surface area contributed by atoms with Crippen LogP contribution in [0.15, 0.2) is 170 Å². The maximum absolute atomic E-state index is 6.63. The number of benzene rings is 7. The molecule has 0 saturated carbocycles. The van der Waals surface area contributed by atoms with Crippen LogP contribution in [0.5, 0.6) is 11.5 Å². The van der Waals surface area contributed by atoms with Crippen molar-refractivity contribution in [3.8, 4) is 50.9 Å². The van der Waals surface area contributed by atoms with E-state index in [0.29, 0.717) is 23.3 Å². The number of hydrogen-bond acceptors (Lipinski definition) is 2. The van der Waals surface area contributed by atoms with Crippen molar-refractivity contribution in [2.24, 2.45) is 5.92 Å². The van der Waals surface area contributed by atoms with Crippen LogP contribution in [0, 0.1) is 31.3 Å². The van der Waals surface area contributed by atoms with Crippen LogP contribution in [-0.2, 0) is 21.1 Å². The van der Waals surface area contributed by atoms with Crippen LogP contribution >= 0.6 is 0 Å². The Balaban J connectivity index is 0.00000462. The molecule has 5 nitrogen and oxygen atoms in total. The zero-order valence-electron chi connectivity index (χ0n) is 33.8. The van der Waals surface area contributed by atoms with E-state index in [-0.39, 0.29) is 21.1 Å². The summed E-state index contributed by atoms with van der Waals surface area (Å²) in [6.07, 6.45) is 5.70. The third-order valence-electron chi connectivity index (χ3n) is 11.6. The maximum atomic E-state index is 6.63. The fourth-order valence-corrected chi connectivity index (χ4v) is 8.29. The molecular formula is C54H42N4OPt-2. The predicted molar refractivity (Wildman–Crippen MR) is 239 cm³/mol. The van der Waals surface area contributed by atoms with Gasteiger partial charge in [0.2, 0.25) is 0 Å². The summed E-state index contributed by atoms with van der Waals surface area (Å²) in [4.78, 5) is 4.87. The number of imidazole rings is 1. The first-order valence-corrected chi connectivity index (χ1v) is 20.2. The molecule has 0 aliphatic rings. The molecule has 60 heavy (non-hydrogen) atoms. The van der Waals surface area contributed by atoms with Gasteiger partial charge in [0.25, 0.3) is 6.33 Å². The van der Waals surface area contributed by atoms with E-state index < -0.39 is 0 Å². The number of para-hydroxylation sites is 3. The third-order valence-corrected chi connectivity index (χ3v) is 11.6. The summed E-state index contributed by atoms with van der Waals surface area (Å²) in [5.41, 5.74) is 12.9. The molecule has 0 aliphatic heterocycles. The minimum absolute atomic E-state index is 0. The number of aromatic nitrogens is 4. The van der Waals surface area contributed by atoms with E-state index in [1.807, 2.05) is 24.4 Å². The Morgan fingerprint density at radius 2 is 1.27 bits per heavy atom. The first-order chi connectivity index (χ1) is 28.9. The average Bonchev–Trinajstić information content (AvgIpc) is 3.83. The van der Waals surface area contributed by atoms with Gasteiger partial charge < -0.3 is 13.9 Å². The normalized spacial score (nSPS) is 11.9. The molecule has 0 bridgehead atoms. The molecule has 0 saturated heterocycles. The molecule has 0 radical (unpaired) electrons. The molecule has 3 aromatic heterocycles. The van der Waals surface area contributed by atoms with Crippen LogP contribution in [-0.4, -0.2) is 14.1 Å². The summed E-state index contributed by atoms with van der Waals surface area (Å²) in [6, 6.07) is 64.3.